The summed E-state index contributed by atoms with van der Waals surface area (Å²) in [4.78, 5) is 39.5. The topological polar surface area (TPSA) is 57.7 Å². The number of halogens is 2. The molecule has 0 atom stereocenters. The first-order valence-electron chi connectivity index (χ1n) is 7.03. The van der Waals surface area contributed by atoms with E-state index < -0.39 is 11.8 Å². The van der Waals surface area contributed by atoms with E-state index in [9.17, 15) is 14.4 Å². The molecule has 2 rings (SSSR count). The van der Waals surface area contributed by atoms with Crippen LogP contribution in [0.3, 0.4) is 0 Å². The van der Waals surface area contributed by atoms with E-state index in [0.29, 0.717) is 13.1 Å². The fourth-order valence-corrected chi connectivity index (χ4v) is 2.69. The maximum atomic E-state index is 12.4. The molecule has 1 heterocycles. The van der Waals surface area contributed by atoms with Gasteiger partial charge in [-0.3, -0.25) is 19.3 Å². The Morgan fingerprint density at radius 3 is 2.04 bits per heavy atom. The SMILES string of the molecule is C=C(C)CN(CC)C(=O)CN1C(=O)c2cc(Cl)c(Cl)cc2C1=O. The fourth-order valence-electron chi connectivity index (χ4n) is 2.36. The van der Waals surface area contributed by atoms with Crippen LogP contribution in [-0.4, -0.2) is 47.2 Å². The Morgan fingerprint density at radius 2 is 1.65 bits per heavy atom. The lowest BCUT2D eigenvalue weighted by Gasteiger charge is -2.23. The van der Waals surface area contributed by atoms with Crippen molar-refractivity contribution in [3.05, 3.63) is 45.5 Å². The first-order valence-corrected chi connectivity index (χ1v) is 7.79. The van der Waals surface area contributed by atoms with Gasteiger partial charge in [-0.25, -0.2) is 0 Å². The summed E-state index contributed by atoms with van der Waals surface area (Å²) < 4.78 is 0. The Balaban J connectivity index is 2.22. The van der Waals surface area contributed by atoms with Gasteiger partial charge >= 0.3 is 0 Å². The van der Waals surface area contributed by atoms with Gasteiger partial charge in [0, 0.05) is 13.1 Å². The number of rotatable bonds is 5. The van der Waals surface area contributed by atoms with Crippen molar-refractivity contribution in [2.24, 2.45) is 0 Å². The minimum absolute atomic E-state index is 0.167. The zero-order chi connectivity index (χ0) is 17.3. The largest absolute Gasteiger partial charge is 0.337 e. The van der Waals surface area contributed by atoms with E-state index in [1.807, 2.05) is 13.8 Å². The number of benzene rings is 1. The molecule has 1 aromatic rings. The highest BCUT2D eigenvalue weighted by atomic mass is 35.5. The number of carbonyl (C=O) groups is 3. The molecule has 0 aromatic heterocycles. The Morgan fingerprint density at radius 1 is 1.17 bits per heavy atom. The van der Waals surface area contributed by atoms with Crippen LogP contribution in [0.15, 0.2) is 24.3 Å². The summed E-state index contributed by atoms with van der Waals surface area (Å²) in [5, 5.41) is 0.384. The summed E-state index contributed by atoms with van der Waals surface area (Å²) >= 11 is 11.8. The van der Waals surface area contributed by atoms with Gasteiger partial charge in [0.25, 0.3) is 11.8 Å². The summed E-state index contributed by atoms with van der Waals surface area (Å²) in [6.07, 6.45) is 0. The molecule has 0 bridgehead atoms. The van der Waals surface area contributed by atoms with E-state index in [2.05, 4.69) is 6.58 Å². The molecule has 1 aliphatic heterocycles. The molecule has 0 radical (unpaired) electrons. The molecule has 5 nitrogen and oxygen atoms in total. The van der Waals surface area contributed by atoms with E-state index >= 15 is 0 Å². The smallest absolute Gasteiger partial charge is 0.262 e. The number of imide groups is 1. The fraction of sp³-hybridized carbons (Fsp3) is 0.312. The lowest BCUT2D eigenvalue weighted by molar-refractivity contribution is -0.130. The molecule has 122 valence electrons. The molecule has 0 spiro atoms. The summed E-state index contributed by atoms with van der Waals surface area (Å²) in [7, 11) is 0. The molecule has 1 aliphatic rings. The van der Waals surface area contributed by atoms with Gasteiger partial charge in [-0.1, -0.05) is 35.4 Å². The predicted molar refractivity (Wildman–Crippen MR) is 88.9 cm³/mol. The molecule has 3 amide bonds. The number of fused-ring (bicyclic) bond motifs is 1. The number of hydrogen-bond acceptors (Lipinski definition) is 3. The molecule has 0 saturated heterocycles. The second kappa shape index (κ2) is 6.72. The lowest BCUT2D eigenvalue weighted by Crippen LogP contribution is -2.43. The van der Waals surface area contributed by atoms with Gasteiger partial charge in [-0.15, -0.1) is 0 Å². The molecule has 23 heavy (non-hydrogen) atoms. The molecule has 0 saturated carbocycles. The highest BCUT2D eigenvalue weighted by Gasteiger charge is 2.38. The monoisotopic (exact) mass is 354 g/mol. The van der Waals surface area contributed by atoms with Crippen LogP contribution in [0.5, 0.6) is 0 Å². The van der Waals surface area contributed by atoms with Crippen molar-refractivity contribution in [1.82, 2.24) is 9.80 Å². The van der Waals surface area contributed by atoms with Crippen molar-refractivity contribution in [2.75, 3.05) is 19.6 Å². The highest BCUT2D eigenvalue weighted by Crippen LogP contribution is 2.31. The molecular weight excluding hydrogens is 339 g/mol. The maximum Gasteiger partial charge on any atom is 0.262 e. The molecular formula is C16H16Cl2N2O3. The van der Waals surface area contributed by atoms with Gasteiger partial charge in [0.2, 0.25) is 5.91 Å². The first kappa shape index (κ1) is 17.5. The van der Waals surface area contributed by atoms with Crippen LogP contribution in [-0.2, 0) is 4.79 Å². The summed E-state index contributed by atoms with van der Waals surface area (Å²) in [6.45, 7) is 7.93. The van der Waals surface area contributed by atoms with E-state index in [4.69, 9.17) is 23.2 Å². The van der Waals surface area contributed by atoms with Crippen LogP contribution in [0.1, 0.15) is 34.6 Å². The number of likely N-dealkylation sites (N-methyl/N-ethyl adjacent to an activating group) is 1. The normalized spacial score (nSPS) is 13.3. The second-order valence-corrected chi connectivity index (χ2v) is 6.19. The van der Waals surface area contributed by atoms with Crippen LogP contribution in [0, 0.1) is 0 Å². The van der Waals surface area contributed by atoms with Crippen molar-refractivity contribution >= 4 is 40.9 Å². The third kappa shape index (κ3) is 3.41. The van der Waals surface area contributed by atoms with Gasteiger partial charge in [0.1, 0.15) is 6.54 Å². The lowest BCUT2D eigenvalue weighted by atomic mass is 10.1. The van der Waals surface area contributed by atoms with Gasteiger partial charge in [-0.05, 0) is 26.0 Å². The van der Waals surface area contributed by atoms with Crippen molar-refractivity contribution < 1.29 is 14.4 Å². The zero-order valence-corrected chi connectivity index (χ0v) is 14.4. The van der Waals surface area contributed by atoms with Crippen molar-refractivity contribution in [3.63, 3.8) is 0 Å². The van der Waals surface area contributed by atoms with Crippen LogP contribution < -0.4 is 0 Å². The third-order valence-electron chi connectivity index (χ3n) is 3.50. The number of nitrogens with zero attached hydrogens (tertiary/aromatic N) is 2. The molecule has 0 N–H and O–H groups in total. The second-order valence-electron chi connectivity index (χ2n) is 5.37. The standard InChI is InChI=1S/C16H16Cl2N2O3/c1-4-19(7-9(2)3)14(21)8-20-15(22)10-5-12(17)13(18)6-11(10)16(20)23/h5-6H,2,4,7-8H2,1,3H3. The van der Waals surface area contributed by atoms with Gasteiger partial charge < -0.3 is 4.90 Å². The third-order valence-corrected chi connectivity index (χ3v) is 4.22. The van der Waals surface area contributed by atoms with Gasteiger partial charge in [0.05, 0.1) is 21.2 Å². The summed E-state index contributed by atoms with van der Waals surface area (Å²) in [6, 6.07) is 2.71. The average molecular weight is 355 g/mol. The Kier molecular flexibility index (Phi) is 5.12. The quantitative estimate of drug-likeness (QED) is 0.603. The average Bonchev–Trinajstić information content (AvgIpc) is 2.70. The minimum Gasteiger partial charge on any atom is -0.337 e. The predicted octanol–water partition coefficient (Wildman–Crippen LogP) is 3.01. The van der Waals surface area contributed by atoms with Crippen molar-refractivity contribution in [3.8, 4) is 0 Å². The first-order chi connectivity index (χ1) is 10.8. The van der Waals surface area contributed by atoms with Crippen molar-refractivity contribution in [2.45, 2.75) is 13.8 Å². The Labute approximate surface area is 144 Å². The number of hydrogen-bond donors (Lipinski definition) is 0. The van der Waals surface area contributed by atoms with Crippen LogP contribution in [0.25, 0.3) is 0 Å². The molecule has 1 aromatic carbocycles. The molecule has 0 unspecified atom stereocenters. The van der Waals surface area contributed by atoms with E-state index in [0.717, 1.165) is 10.5 Å². The van der Waals surface area contributed by atoms with Crippen LogP contribution >= 0.6 is 23.2 Å². The van der Waals surface area contributed by atoms with E-state index in [-0.39, 0.29) is 33.6 Å². The maximum absolute atomic E-state index is 12.4. The van der Waals surface area contributed by atoms with Crippen LogP contribution in [0.2, 0.25) is 10.0 Å². The minimum atomic E-state index is -0.539. The number of amides is 3. The van der Waals surface area contributed by atoms with Gasteiger partial charge in [0.15, 0.2) is 0 Å². The molecule has 7 heteroatoms. The van der Waals surface area contributed by atoms with E-state index in [1.54, 1.807) is 0 Å². The van der Waals surface area contributed by atoms with Crippen LogP contribution in [0.4, 0.5) is 0 Å². The molecule has 0 aliphatic carbocycles. The number of carbonyl (C=O) groups excluding carboxylic acids is 3. The summed E-state index contributed by atoms with van der Waals surface area (Å²) in [5.41, 5.74) is 1.15. The summed E-state index contributed by atoms with van der Waals surface area (Å²) in [5.74, 6) is -1.39. The van der Waals surface area contributed by atoms with E-state index in [1.165, 1.54) is 17.0 Å². The molecule has 0 fully saturated rings. The Hall–Kier alpha value is -1.85. The zero-order valence-electron chi connectivity index (χ0n) is 12.9. The Bertz CT molecular complexity index is 675. The van der Waals surface area contributed by atoms with Gasteiger partial charge in [-0.2, -0.15) is 0 Å². The highest BCUT2D eigenvalue weighted by molar-refractivity contribution is 6.43. The van der Waals surface area contributed by atoms with Crippen molar-refractivity contribution in [1.29, 1.82) is 0 Å².